The van der Waals surface area contributed by atoms with Gasteiger partial charge < -0.3 is 0 Å². The highest BCUT2D eigenvalue weighted by molar-refractivity contribution is 7.92. The van der Waals surface area contributed by atoms with Crippen LogP contribution in [0.25, 0.3) is 16.9 Å². The Morgan fingerprint density at radius 1 is 0.903 bits per heavy atom. The Kier molecular flexibility index (Phi) is 4.63. The van der Waals surface area contributed by atoms with E-state index in [4.69, 9.17) is 5.10 Å². The average molecular weight is 431 g/mol. The molecular weight excluding hydrogens is 408 g/mol. The third-order valence-electron chi connectivity index (χ3n) is 5.69. The van der Waals surface area contributed by atoms with Crippen molar-refractivity contribution in [2.24, 2.45) is 0 Å². The van der Waals surface area contributed by atoms with E-state index < -0.39 is 10.0 Å². The molecule has 0 atom stereocenters. The molecule has 0 aliphatic carbocycles. The second kappa shape index (κ2) is 7.35. The van der Waals surface area contributed by atoms with Crippen molar-refractivity contribution >= 4 is 15.8 Å². The second-order valence-corrected chi connectivity index (χ2v) is 9.54. The molecule has 0 saturated heterocycles. The smallest absolute Gasteiger partial charge is 0.249 e. The van der Waals surface area contributed by atoms with Crippen molar-refractivity contribution in [1.82, 2.24) is 14.8 Å². The minimum atomic E-state index is -3.75. The number of hydrogen-bond donors (Lipinski definition) is 0. The molecule has 0 amide bonds. The first-order valence-corrected chi connectivity index (χ1v) is 11.6. The molecule has 3 heterocycles. The number of benzene rings is 2. The van der Waals surface area contributed by atoms with Crippen molar-refractivity contribution in [2.45, 2.75) is 25.2 Å². The Balaban J connectivity index is 1.66. The van der Waals surface area contributed by atoms with Crippen molar-refractivity contribution in [3.8, 4) is 16.9 Å². The Labute approximate surface area is 181 Å². The molecule has 0 bridgehead atoms. The summed E-state index contributed by atoms with van der Waals surface area (Å²) in [5, 5.41) is 4.88. The molecule has 2 aromatic heterocycles. The second-order valence-electron chi connectivity index (χ2n) is 7.67. The number of nitrogens with zero attached hydrogens (tertiary/aromatic N) is 4. The molecule has 0 fully saturated rings. The van der Waals surface area contributed by atoms with E-state index in [2.05, 4.69) is 4.98 Å². The lowest BCUT2D eigenvalue weighted by Crippen LogP contribution is -2.33. The van der Waals surface area contributed by atoms with E-state index in [1.165, 1.54) is 4.31 Å². The topological polar surface area (TPSA) is 68.1 Å². The normalized spacial score (nSPS) is 13.4. The Morgan fingerprint density at radius 3 is 2.39 bits per heavy atom. The van der Waals surface area contributed by atoms with E-state index in [1.54, 1.807) is 18.3 Å². The number of para-hydroxylation sites is 1. The SMILES string of the molecule is Cc1ccc(S(=O)(=O)N2CCc3c(nn(-c4ccccc4)c3C)-c3cccnc32)cc1. The maximum absolute atomic E-state index is 13.5. The lowest BCUT2D eigenvalue weighted by atomic mass is 10.1. The fourth-order valence-corrected chi connectivity index (χ4v) is 5.48. The molecule has 0 radical (unpaired) electrons. The number of sulfonamides is 1. The molecule has 1 aliphatic rings. The highest BCUT2D eigenvalue weighted by atomic mass is 32.2. The van der Waals surface area contributed by atoms with Crippen LogP contribution in [-0.4, -0.2) is 29.7 Å². The molecule has 31 heavy (non-hydrogen) atoms. The van der Waals surface area contributed by atoms with Crippen LogP contribution in [0.1, 0.15) is 16.8 Å². The van der Waals surface area contributed by atoms with Crippen molar-refractivity contribution in [1.29, 1.82) is 0 Å². The van der Waals surface area contributed by atoms with Gasteiger partial charge in [0.15, 0.2) is 5.82 Å². The van der Waals surface area contributed by atoms with Gasteiger partial charge in [0.1, 0.15) is 5.69 Å². The zero-order chi connectivity index (χ0) is 21.6. The Hall–Kier alpha value is -3.45. The molecule has 0 unspecified atom stereocenters. The maximum atomic E-state index is 13.5. The van der Waals surface area contributed by atoms with Crippen LogP contribution in [0.3, 0.4) is 0 Å². The molecular formula is C24H22N4O2S. The van der Waals surface area contributed by atoms with Gasteiger partial charge in [0.2, 0.25) is 0 Å². The molecule has 156 valence electrons. The summed E-state index contributed by atoms with van der Waals surface area (Å²) in [6, 6.07) is 20.6. The van der Waals surface area contributed by atoms with Gasteiger partial charge in [-0.3, -0.25) is 0 Å². The number of pyridine rings is 1. The number of anilines is 1. The van der Waals surface area contributed by atoms with E-state index >= 15 is 0 Å². The fraction of sp³-hybridized carbons (Fsp3) is 0.167. The fourth-order valence-electron chi connectivity index (χ4n) is 4.04. The summed E-state index contributed by atoms with van der Waals surface area (Å²) in [6.07, 6.45) is 2.18. The van der Waals surface area contributed by atoms with Gasteiger partial charge in [-0.25, -0.2) is 22.4 Å². The maximum Gasteiger partial charge on any atom is 0.265 e. The monoisotopic (exact) mass is 430 g/mol. The molecule has 0 saturated carbocycles. The van der Waals surface area contributed by atoms with Crippen molar-refractivity contribution in [2.75, 3.05) is 10.8 Å². The van der Waals surface area contributed by atoms with E-state index in [1.807, 2.05) is 73.1 Å². The number of aromatic nitrogens is 3. The predicted octanol–water partition coefficient (Wildman–Crippen LogP) is 4.30. The van der Waals surface area contributed by atoms with Crippen LogP contribution in [0.5, 0.6) is 0 Å². The van der Waals surface area contributed by atoms with E-state index in [-0.39, 0.29) is 4.90 Å². The standard InChI is InChI=1S/C24H22N4O2S/c1-17-10-12-20(13-11-17)31(29,30)27-16-14-21-18(2)28(19-7-4-3-5-8-19)26-23(21)22-9-6-15-25-24(22)27/h3-13,15H,14,16H2,1-2H3. The molecule has 6 nitrogen and oxygen atoms in total. The first-order valence-electron chi connectivity index (χ1n) is 10.2. The highest BCUT2D eigenvalue weighted by Crippen LogP contribution is 2.38. The summed E-state index contributed by atoms with van der Waals surface area (Å²) in [6.45, 7) is 4.26. The van der Waals surface area contributed by atoms with Crippen LogP contribution < -0.4 is 4.31 Å². The molecule has 4 aromatic rings. The molecule has 2 aromatic carbocycles. The van der Waals surface area contributed by atoms with Crippen LogP contribution in [0, 0.1) is 13.8 Å². The molecule has 0 spiro atoms. The van der Waals surface area contributed by atoms with Crippen LogP contribution in [-0.2, 0) is 16.4 Å². The summed E-state index contributed by atoms with van der Waals surface area (Å²) >= 11 is 0. The van der Waals surface area contributed by atoms with Gasteiger partial charge in [-0.1, -0.05) is 35.9 Å². The quantitative estimate of drug-likeness (QED) is 0.486. The van der Waals surface area contributed by atoms with Crippen molar-refractivity contribution in [3.05, 3.63) is 89.7 Å². The lowest BCUT2D eigenvalue weighted by molar-refractivity contribution is 0.590. The molecule has 5 rings (SSSR count). The van der Waals surface area contributed by atoms with Gasteiger partial charge >= 0.3 is 0 Å². The minimum Gasteiger partial charge on any atom is -0.249 e. The summed E-state index contributed by atoms with van der Waals surface area (Å²) < 4.78 is 30.4. The zero-order valence-corrected chi connectivity index (χ0v) is 18.2. The van der Waals surface area contributed by atoms with Crippen LogP contribution in [0.15, 0.2) is 77.8 Å². The summed E-state index contributed by atoms with van der Waals surface area (Å²) in [7, 11) is -3.75. The van der Waals surface area contributed by atoms with Gasteiger partial charge in [0.25, 0.3) is 10.0 Å². The number of hydrogen-bond acceptors (Lipinski definition) is 4. The Morgan fingerprint density at radius 2 is 1.65 bits per heavy atom. The van der Waals surface area contributed by atoms with Crippen LogP contribution >= 0.6 is 0 Å². The summed E-state index contributed by atoms with van der Waals surface area (Å²) in [5.41, 5.74) is 5.54. The average Bonchev–Trinajstić information content (AvgIpc) is 3.01. The number of fused-ring (bicyclic) bond motifs is 3. The van der Waals surface area contributed by atoms with E-state index in [9.17, 15) is 8.42 Å². The largest absolute Gasteiger partial charge is 0.265 e. The van der Waals surface area contributed by atoms with E-state index in [0.717, 1.165) is 33.8 Å². The van der Waals surface area contributed by atoms with Crippen LogP contribution in [0.4, 0.5) is 5.82 Å². The third-order valence-corrected chi connectivity index (χ3v) is 7.50. The predicted molar refractivity (Wildman–Crippen MR) is 121 cm³/mol. The van der Waals surface area contributed by atoms with Gasteiger partial charge in [-0.2, -0.15) is 5.10 Å². The third kappa shape index (κ3) is 3.21. The Bertz CT molecular complexity index is 1360. The first-order chi connectivity index (χ1) is 15.0. The molecule has 0 N–H and O–H groups in total. The van der Waals surface area contributed by atoms with Gasteiger partial charge in [0.05, 0.1) is 10.6 Å². The molecule has 1 aliphatic heterocycles. The summed E-state index contributed by atoms with van der Waals surface area (Å²) in [5.74, 6) is 0.416. The summed E-state index contributed by atoms with van der Waals surface area (Å²) in [4.78, 5) is 4.74. The lowest BCUT2D eigenvalue weighted by Gasteiger charge is -2.23. The van der Waals surface area contributed by atoms with Crippen LogP contribution in [0.2, 0.25) is 0 Å². The highest BCUT2D eigenvalue weighted by Gasteiger charge is 2.33. The van der Waals surface area contributed by atoms with Crippen molar-refractivity contribution in [3.63, 3.8) is 0 Å². The first kappa shape index (κ1) is 19.5. The van der Waals surface area contributed by atoms with Crippen molar-refractivity contribution < 1.29 is 8.42 Å². The van der Waals surface area contributed by atoms with Gasteiger partial charge in [-0.15, -0.1) is 0 Å². The van der Waals surface area contributed by atoms with Gasteiger partial charge in [-0.05, 0) is 56.7 Å². The number of aryl methyl sites for hydroxylation is 1. The minimum absolute atomic E-state index is 0.264. The molecule has 7 heteroatoms. The van der Waals surface area contributed by atoms with E-state index in [0.29, 0.717) is 18.8 Å². The zero-order valence-electron chi connectivity index (χ0n) is 17.4. The van der Waals surface area contributed by atoms with Gasteiger partial charge in [0, 0.05) is 29.6 Å². The number of rotatable bonds is 3.